The van der Waals surface area contributed by atoms with Gasteiger partial charge in [0.15, 0.2) is 0 Å². The molecule has 1 aliphatic heterocycles. The van der Waals surface area contributed by atoms with Crippen LogP contribution in [0.4, 0.5) is 5.82 Å². The van der Waals surface area contributed by atoms with Gasteiger partial charge in [-0.3, -0.25) is 4.79 Å². The summed E-state index contributed by atoms with van der Waals surface area (Å²) in [5, 5.41) is 3.97. The van der Waals surface area contributed by atoms with Crippen LogP contribution in [0.1, 0.15) is 15.9 Å². The number of fused-ring (bicyclic) bond motifs is 1. The largest absolute Gasteiger partial charge is 0.497 e. The number of thioether (sulfide) groups is 1. The summed E-state index contributed by atoms with van der Waals surface area (Å²) in [6.07, 6.45) is 0.752. The molecule has 1 fully saturated rings. The zero-order chi connectivity index (χ0) is 20.1. The smallest absolute Gasteiger partial charge is 0.252 e. The minimum absolute atomic E-state index is 0.0564. The molecule has 1 saturated heterocycles. The van der Waals surface area contributed by atoms with Gasteiger partial charge in [-0.15, -0.1) is 0 Å². The first-order valence-electron chi connectivity index (χ1n) is 9.88. The van der Waals surface area contributed by atoms with Crippen molar-refractivity contribution in [1.29, 1.82) is 0 Å². The Bertz CT molecular complexity index is 1000. The van der Waals surface area contributed by atoms with Gasteiger partial charge in [-0.2, -0.15) is 11.8 Å². The Morgan fingerprint density at radius 2 is 1.97 bits per heavy atom. The average Bonchev–Trinajstić information content (AvgIpc) is 2.79. The Balaban J connectivity index is 1.52. The number of carbonyl (C=O) groups is 1. The first-order chi connectivity index (χ1) is 14.2. The second kappa shape index (κ2) is 9.18. The van der Waals surface area contributed by atoms with Gasteiger partial charge in [0.1, 0.15) is 11.6 Å². The highest BCUT2D eigenvalue weighted by atomic mass is 32.2. The fraction of sp³-hybridized carbons (Fsp3) is 0.304. The Morgan fingerprint density at radius 3 is 2.79 bits per heavy atom. The normalized spacial score (nSPS) is 14.0. The molecule has 29 heavy (non-hydrogen) atoms. The van der Waals surface area contributed by atoms with Gasteiger partial charge in [0.25, 0.3) is 5.91 Å². The number of nitrogens with one attached hydrogen (secondary N) is 1. The molecule has 0 aliphatic carbocycles. The van der Waals surface area contributed by atoms with Gasteiger partial charge < -0.3 is 15.0 Å². The first-order valence-corrected chi connectivity index (χ1v) is 11.0. The summed E-state index contributed by atoms with van der Waals surface area (Å²) >= 11 is 1.96. The molecule has 0 radical (unpaired) electrons. The maximum atomic E-state index is 13.0. The van der Waals surface area contributed by atoms with E-state index in [0.29, 0.717) is 12.1 Å². The Hall–Kier alpha value is -2.73. The van der Waals surface area contributed by atoms with E-state index in [-0.39, 0.29) is 5.91 Å². The molecule has 4 rings (SSSR count). The second-order valence-electron chi connectivity index (χ2n) is 7.00. The van der Waals surface area contributed by atoms with Crippen molar-refractivity contribution in [2.24, 2.45) is 0 Å². The van der Waals surface area contributed by atoms with Crippen molar-refractivity contribution in [1.82, 2.24) is 10.3 Å². The Labute approximate surface area is 175 Å². The number of para-hydroxylation sites is 1. The molecule has 1 amide bonds. The van der Waals surface area contributed by atoms with Crippen LogP contribution in [-0.4, -0.2) is 49.1 Å². The number of pyridine rings is 1. The van der Waals surface area contributed by atoms with Crippen LogP contribution in [0.25, 0.3) is 10.9 Å². The summed E-state index contributed by atoms with van der Waals surface area (Å²) in [7, 11) is 1.66. The van der Waals surface area contributed by atoms with E-state index in [1.807, 2.05) is 66.4 Å². The average molecular weight is 408 g/mol. The van der Waals surface area contributed by atoms with Crippen molar-refractivity contribution >= 4 is 34.4 Å². The molecule has 150 valence electrons. The van der Waals surface area contributed by atoms with E-state index in [4.69, 9.17) is 9.72 Å². The summed E-state index contributed by atoms with van der Waals surface area (Å²) < 4.78 is 5.27. The summed E-state index contributed by atoms with van der Waals surface area (Å²) in [4.78, 5) is 20.1. The number of nitrogens with zero attached hydrogens (tertiary/aromatic N) is 2. The highest BCUT2D eigenvalue weighted by Gasteiger charge is 2.18. The predicted octanol–water partition coefficient (Wildman–Crippen LogP) is 3.77. The summed E-state index contributed by atoms with van der Waals surface area (Å²) in [6, 6.07) is 17.7. The van der Waals surface area contributed by atoms with E-state index < -0.39 is 0 Å². The fourth-order valence-corrected chi connectivity index (χ4v) is 4.45. The number of aromatic nitrogens is 1. The van der Waals surface area contributed by atoms with Crippen LogP contribution in [0.3, 0.4) is 0 Å². The highest BCUT2D eigenvalue weighted by molar-refractivity contribution is 7.99. The number of ether oxygens (including phenoxy) is 1. The van der Waals surface area contributed by atoms with E-state index in [1.165, 1.54) is 0 Å². The lowest BCUT2D eigenvalue weighted by molar-refractivity contribution is 0.0955. The zero-order valence-corrected chi connectivity index (χ0v) is 17.4. The number of amides is 1. The number of hydrogen-bond acceptors (Lipinski definition) is 5. The number of methoxy groups -OCH3 is 1. The molecule has 0 atom stereocenters. The standard InChI is InChI=1S/C23H25N3O2S/c1-28-18-6-4-5-17(15-18)9-10-24-23(27)20-16-22(26-11-13-29-14-12-26)25-21-8-3-2-7-19(20)21/h2-8,15-16H,9-14H2,1H3,(H,24,27). The third-order valence-electron chi connectivity index (χ3n) is 5.12. The van der Waals surface area contributed by atoms with Crippen molar-refractivity contribution in [3.63, 3.8) is 0 Å². The molecule has 0 bridgehead atoms. The van der Waals surface area contributed by atoms with Crippen molar-refractivity contribution in [2.75, 3.05) is 43.1 Å². The van der Waals surface area contributed by atoms with E-state index in [0.717, 1.165) is 59.0 Å². The van der Waals surface area contributed by atoms with Gasteiger partial charge in [0.05, 0.1) is 18.2 Å². The maximum absolute atomic E-state index is 13.0. The first kappa shape index (κ1) is 19.6. The molecule has 1 aromatic heterocycles. The van der Waals surface area contributed by atoms with E-state index >= 15 is 0 Å². The van der Waals surface area contributed by atoms with Crippen molar-refractivity contribution < 1.29 is 9.53 Å². The molecular weight excluding hydrogens is 382 g/mol. The summed E-state index contributed by atoms with van der Waals surface area (Å²) in [5.74, 6) is 3.85. The number of benzene rings is 2. The maximum Gasteiger partial charge on any atom is 0.252 e. The van der Waals surface area contributed by atoms with Crippen LogP contribution >= 0.6 is 11.8 Å². The van der Waals surface area contributed by atoms with Crippen molar-refractivity contribution in [2.45, 2.75) is 6.42 Å². The lowest BCUT2D eigenvalue weighted by Crippen LogP contribution is -2.33. The zero-order valence-electron chi connectivity index (χ0n) is 16.6. The fourth-order valence-electron chi connectivity index (χ4n) is 3.55. The number of rotatable bonds is 6. The topological polar surface area (TPSA) is 54.5 Å². The predicted molar refractivity (Wildman–Crippen MR) is 120 cm³/mol. The van der Waals surface area contributed by atoms with E-state index in [2.05, 4.69) is 10.2 Å². The summed E-state index contributed by atoms with van der Waals surface area (Å²) in [6.45, 7) is 2.50. The van der Waals surface area contributed by atoms with Crippen LogP contribution in [0.5, 0.6) is 5.75 Å². The SMILES string of the molecule is COc1cccc(CCNC(=O)c2cc(N3CCSCC3)nc3ccccc23)c1. The minimum atomic E-state index is -0.0564. The van der Waals surface area contributed by atoms with Crippen LogP contribution in [-0.2, 0) is 6.42 Å². The van der Waals surface area contributed by atoms with Crippen LogP contribution in [0.15, 0.2) is 54.6 Å². The monoisotopic (exact) mass is 407 g/mol. The second-order valence-corrected chi connectivity index (χ2v) is 8.23. The quantitative estimate of drug-likeness (QED) is 0.674. The molecular formula is C23H25N3O2S. The van der Waals surface area contributed by atoms with Crippen LogP contribution in [0.2, 0.25) is 0 Å². The molecule has 2 heterocycles. The molecule has 0 unspecified atom stereocenters. The van der Waals surface area contributed by atoms with Crippen LogP contribution in [0, 0.1) is 0 Å². The third-order valence-corrected chi connectivity index (χ3v) is 6.06. The summed E-state index contributed by atoms with van der Waals surface area (Å²) in [5.41, 5.74) is 2.69. The van der Waals surface area contributed by atoms with Crippen molar-refractivity contribution in [3.8, 4) is 5.75 Å². The van der Waals surface area contributed by atoms with Gasteiger partial charge in [-0.05, 0) is 36.2 Å². The Morgan fingerprint density at radius 1 is 1.14 bits per heavy atom. The van der Waals surface area contributed by atoms with E-state index in [1.54, 1.807) is 7.11 Å². The molecule has 0 saturated carbocycles. The number of anilines is 1. The Kier molecular flexibility index (Phi) is 6.20. The third kappa shape index (κ3) is 4.65. The van der Waals surface area contributed by atoms with Gasteiger partial charge in [0, 0.05) is 36.5 Å². The lowest BCUT2D eigenvalue weighted by Gasteiger charge is -2.28. The van der Waals surface area contributed by atoms with E-state index in [9.17, 15) is 4.79 Å². The lowest BCUT2D eigenvalue weighted by atomic mass is 10.1. The molecule has 5 nitrogen and oxygen atoms in total. The van der Waals surface area contributed by atoms with Gasteiger partial charge in [-0.1, -0.05) is 30.3 Å². The minimum Gasteiger partial charge on any atom is -0.497 e. The van der Waals surface area contributed by atoms with Gasteiger partial charge in [-0.25, -0.2) is 4.98 Å². The molecule has 6 heteroatoms. The number of hydrogen-bond donors (Lipinski definition) is 1. The molecule has 3 aromatic rings. The number of carbonyl (C=O) groups excluding carboxylic acids is 1. The van der Waals surface area contributed by atoms with Gasteiger partial charge >= 0.3 is 0 Å². The van der Waals surface area contributed by atoms with Crippen molar-refractivity contribution in [3.05, 3.63) is 65.7 Å². The molecule has 0 spiro atoms. The molecule has 1 aliphatic rings. The molecule has 2 aromatic carbocycles. The van der Waals surface area contributed by atoms with Gasteiger partial charge in [0.2, 0.25) is 0 Å². The highest BCUT2D eigenvalue weighted by Crippen LogP contribution is 2.25. The molecule has 1 N–H and O–H groups in total. The van der Waals surface area contributed by atoms with Crippen LogP contribution < -0.4 is 15.0 Å².